The number of benzene rings is 1. The van der Waals surface area contributed by atoms with Gasteiger partial charge in [-0.05, 0) is 37.5 Å². The molecule has 0 radical (unpaired) electrons. The highest BCUT2D eigenvalue weighted by Crippen LogP contribution is 2.37. The molecule has 0 amide bonds. The number of nitrogens with zero attached hydrogens (tertiary/aromatic N) is 1. The molecule has 1 saturated heterocycles. The summed E-state index contributed by atoms with van der Waals surface area (Å²) in [5, 5.41) is 3.31. The van der Waals surface area contributed by atoms with Crippen molar-refractivity contribution in [2.75, 3.05) is 33.3 Å². The van der Waals surface area contributed by atoms with Crippen LogP contribution in [0.2, 0.25) is 0 Å². The molecule has 0 spiro atoms. The Morgan fingerprint density at radius 2 is 1.96 bits per heavy atom. The van der Waals surface area contributed by atoms with E-state index in [1.807, 2.05) is 6.08 Å². The average Bonchev–Trinajstić information content (AvgIpc) is 2.61. The van der Waals surface area contributed by atoms with Crippen LogP contribution in [-0.4, -0.2) is 44.6 Å². The van der Waals surface area contributed by atoms with Crippen LogP contribution in [0.3, 0.4) is 0 Å². The zero-order chi connectivity index (χ0) is 19.0. The lowest BCUT2D eigenvalue weighted by Crippen LogP contribution is -2.45. The van der Waals surface area contributed by atoms with E-state index >= 15 is 0 Å². The van der Waals surface area contributed by atoms with Crippen molar-refractivity contribution in [3.8, 4) is 11.5 Å². The molecule has 1 aromatic carbocycles. The van der Waals surface area contributed by atoms with Gasteiger partial charge >= 0.3 is 6.36 Å². The Hall–Kier alpha value is -1.44. The summed E-state index contributed by atoms with van der Waals surface area (Å²) in [6.45, 7) is 7.16. The fourth-order valence-electron chi connectivity index (χ4n) is 3.32. The Labute approximate surface area is 165 Å². The molecule has 154 valence electrons. The van der Waals surface area contributed by atoms with Crippen LogP contribution in [0.15, 0.2) is 30.9 Å². The maximum absolute atomic E-state index is 12.6. The first-order valence-corrected chi connectivity index (χ1v) is 8.94. The third-order valence-corrected chi connectivity index (χ3v) is 4.52. The number of rotatable bonds is 9. The number of unbranched alkanes of at least 4 members (excludes halogenated alkanes) is 2. The molecule has 1 heterocycles. The fraction of sp³-hybridized carbons (Fsp3) is 0.579. The molecule has 27 heavy (non-hydrogen) atoms. The van der Waals surface area contributed by atoms with Gasteiger partial charge in [0.25, 0.3) is 0 Å². The van der Waals surface area contributed by atoms with Gasteiger partial charge in [-0.2, -0.15) is 0 Å². The highest BCUT2D eigenvalue weighted by molar-refractivity contribution is 5.85. The first kappa shape index (κ1) is 23.6. The standard InChI is InChI=1S/C19H27F3N2O2.ClH/c1-3-4-5-6-7-17(24-12-10-23-11-13-24)16-14-15(26-19(20,21)22)8-9-18(16)25-2;/h3,8-9,14,17,23H,1,4-7,10-13H2,2H3;1H/t17-;/m0./s1. The summed E-state index contributed by atoms with van der Waals surface area (Å²) in [5.41, 5.74) is 0.745. The number of ether oxygens (including phenoxy) is 2. The predicted molar refractivity (Wildman–Crippen MR) is 103 cm³/mol. The maximum Gasteiger partial charge on any atom is 0.573 e. The second kappa shape index (κ2) is 11.4. The van der Waals surface area contributed by atoms with Crippen molar-refractivity contribution in [1.82, 2.24) is 10.2 Å². The van der Waals surface area contributed by atoms with Crippen molar-refractivity contribution >= 4 is 12.4 Å². The number of piperazine rings is 1. The molecule has 1 aromatic rings. The summed E-state index contributed by atoms with van der Waals surface area (Å²) >= 11 is 0. The van der Waals surface area contributed by atoms with Gasteiger partial charge in [0, 0.05) is 37.8 Å². The van der Waals surface area contributed by atoms with Crippen molar-refractivity contribution in [2.24, 2.45) is 0 Å². The zero-order valence-corrected chi connectivity index (χ0v) is 16.4. The van der Waals surface area contributed by atoms with E-state index in [1.165, 1.54) is 19.2 Å². The molecule has 0 aromatic heterocycles. The highest BCUT2D eigenvalue weighted by Gasteiger charge is 2.32. The van der Waals surface area contributed by atoms with Gasteiger partial charge in [0.05, 0.1) is 7.11 Å². The molecule has 1 aliphatic rings. The first-order chi connectivity index (χ1) is 12.4. The molecule has 8 heteroatoms. The van der Waals surface area contributed by atoms with Gasteiger partial charge < -0.3 is 14.8 Å². The first-order valence-electron chi connectivity index (χ1n) is 8.94. The number of methoxy groups -OCH3 is 1. The molecule has 1 fully saturated rings. The van der Waals surface area contributed by atoms with Crippen LogP contribution in [0.1, 0.15) is 37.3 Å². The minimum Gasteiger partial charge on any atom is -0.496 e. The van der Waals surface area contributed by atoms with Crippen LogP contribution in [0.5, 0.6) is 11.5 Å². The van der Waals surface area contributed by atoms with Gasteiger partial charge in [0.2, 0.25) is 0 Å². The maximum atomic E-state index is 12.6. The summed E-state index contributed by atoms with van der Waals surface area (Å²) in [7, 11) is 1.54. The Kier molecular flexibility index (Phi) is 9.98. The molecule has 0 aliphatic carbocycles. The average molecular weight is 409 g/mol. The van der Waals surface area contributed by atoms with Crippen LogP contribution in [0, 0.1) is 0 Å². The molecule has 0 unspecified atom stereocenters. The van der Waals surface area contributed by atoms with Crippen molar-refractivity contribution in [3.05, 3.63) is 36.4 Å². The zero-order valence-electron chi connectivity index (χ0n) is 15.6. The third kappa shape index (κ3) is 7.60. The Bertz CT molecular complexity index is 579. The van der Waals surface area contributed by atoms with E-state index in [1.54, 1.807) is 6.07 Å². The van der Waals surface area contributed by atoms with Crippen LogP contribution in [0.25, 0.3) is 0 Å². The van der Waals surface area contributed by atoms with E-state index in [2.05, 4.69) is 21.5 Å². The monoisotopic (exact) mass is 408 g/mol. The van der Waals surface area contributed by atoms with Gasteiger partial charge in [0.15, 0.2) is 0 Å². The molecule has 0 bridgehead atoms. The van der Waals surface area contributed by atoms with Crippen molar-refractivity contribution < 1.29 is 22.6 Å². The Balaban J connectivity index is 0.00000364. The molecule has 2 rings (SSSR count). The lowest BCUT2D eigenvalue weighted by atomic mass is 9.96. The predicted octanol–water partition coefficient (Wildman–Crippen LogP) is 4.71. The number of hydrogen-bond donors (Lipinski definition) is 1. The van der Waals surface area contributed by atoms with Gasteiger partial charge in [0.1, 0.15) is 11.5 Å². The van der Waals surface area contributed by atoms with Gasteiger partial charge in [-0.15, -0.1) is 32.2 Å². The van der Waals surface area contributed by atoms with E-state index in [4.69, 9.17) is 4.74 Å². The Morgan fingerprint density at radius 3 is 2.56 bits per heavy atom. The largest absolute Gasteiger partial charge is 0.573 e. The van der Waals surface area contributed by atoms with Gasteiger partial charge in [-0.3, -0.25) is 4.90 Å². The topological polar surface area (TPSA) is 33.7 Å². The second-order valence-electron chi connectivity index (χ2n) is 6.33. The smallest absolute Gasteiger partial charge is 0.496 e. The van der Waals surface area contributed by atoms with Gasteiger partial charge in [-0.25, -0.2) is 0 Å². The number of alkyl halides is 3. The van der Waals surface area contributed by atoms with Crippen molar-refractivity contribution in [2.45, 2.75) is 38.1 Å². The van der Waals surface area contributed by atoms with Crippen LogP contribution >= 0.6 is 12.4 Å². The van der Waals surface area contributed by atoms with Gasteiger partial charge in [-0.1, -0.05) is 12.5 Å². The number of allylic oxidation sites excluding steroid dienone is 1. The normalized spacial score (nSPS) is 16.3. The second-order valence-corrected chi connectivity index (χ2v) is 6.33. The number of nitrogens with one attached hydrogen (secondary N) is 1. The Morgan fingerprint density at radius 1 is 1.26 bits per heavy atom. The van der Waals surface area contributed by atoms with E-state index in [9.17, 15) is 13.2 Å². The fourth-order valence-corrected chi connectivity index (χ4v) is 3.32. The molecular weight excluding hydrogens is 381 g/mol. The molecule has 1 N–H and O–H groups in total. The molecular formula is C19H28ClF3N2O2. The van der Waals surface area contributed by atoms with Crippen molar-refractivity contribution in [3.63, 3.8) is 0 Å². The molecule has 1 atom stereocenters. The van der Waals surface area contributed by atoms with Crippen LogP contribution < -0.4 is 14.8 Å². The molecule has 1 aliphatic heterocycles. The molecule has 4 nitrogen and oxygen atoms in total. The summed E-state index contributed by atoms with van der Waals surface area (Å²) in [5.74, 6) is 0.381. The van der Waals surface area contributed by atoms with Crippen molar-refractivity contribution in [1.29, 1.82) is 0 Å². The van der Waals surface area contributed by atoms with Crippen LogP contribution in [0.4, 0.5) is 13.2 Å². The lowest BCUT2D eigenvalue weighted by Gasteiger charge is -2.36. The minimum absolute atomic E-state index is 0. The van der Waals surface area contributed by atoms with E-state index in [-0.39, 0.29) is 24.2 Å². The van der Waals surface area contributed by atoms with E-state index in [0.717, 1.165) is 57.4 Å². The summed E-state index contributed by atoms with van der Waals surface area (Å²) < 4.78 is 47.4. The third-order valence-electron chi connectivity index (χ3n) is 4.52. The van der Waals surface area contributed by atoms with Crippen LogP contribution in [-0.2, 0) is 0 Å². The summed E-state index contributed by atoms with van der Waals surface area (Å²) in [4.78, 5) is 2.31. The number of halogens is 4. The molecule has 0 saturated carbocycles. The summed E-state index contributed by atoms with van der Waals surface area (Å²) in [6, 6.07) is 4.30. The number of hydrogen-bond acceptors (Lipinski definition) is 4. The quantitative estimate of drug-likeness (QED) is 0.474. The van der Waals surface area contributed by atoms with E-state index in [0.29, 0.717) is 5.75 Å². The lowest BCUT2D eigenvalue weighted by molar-refractivity contribution is -0.274. The highest BCUT2D eigenvalue weighted by atomic mass is 35.5. The summed E-state index contributed by atoms with van der Waals surface area (Å²) in [6.07, 6.45) is 0.933. The SMILES string of the molecule is C=CCCCC[C@@H](c1cc(OC(F)(F)F)ccc1OC)N1CCNCC1.Cl. The minimum atomic E-state index is -4.71. The van der Waals surface area contributed by atoms with E-state index < -0.39 is 6.36 Å².